The number of aromatic nitrogens is 4. The van der Waals surface area contributed by atoms with Crippen molar-refractivity contribution in [1.29, 1.82) is 0 Å². The summed E-state index contributed by atoms with van der Waals surface area (Å²) >= 11 is 1.26. The van der Waals surface area contributed by atoms with Gasteiger partial charge in [0.15, 0.2) is 0 Å². The molecule has 1 amide bonds. The Labute approximate surface area is 114 Å². The number of hydrogen-bond acceptors (Lipinski definition) is 6. The molecule has 0 atom stereocenters. The Bertz CT molecular complexity index is 509. The average molecular weight is 280 g/mol. The van der Waals surface area contributed by atoms with Crippen molar-refractivity contribution in [1.82, 2.24) is 25.5 Å². The molecule has 2 heterocycles. The molecule has 0 saturated carbocycles. The van der Waals surface area contributed by atoms with Gasteiger partial charge in [-0.3, -0.25) is 4.79 Å². The molecule has 7 nitrogen and oxygen atoms in total. The molecule has 0 bridgehead atoms. The van der Waals surface area contributed by atoms with Crippen LogP contribution in [0.5, 0.6) is 0 Å². The number of hydrogen-bond donors (Lipinski definition) is 3. The fourth-order valence-corrected chi connectivity index (χ4v) is 2.11. The van der Waals surface area contributed by atoms with Crippen LogP contribution in [0.3, 0.4) is 0 Å². The van der Waals surface area contributed by atoms with E-state index in [0.29, 0.717) is 23.1 Å². The maximum atomic E-state index is 11.8. The summed E-state index contributed by atoms with van der Waals surface area (Å²) in [6.07, 6.45) is 5.08. The first-order chi connectivity index (χ1) is 9.29. The first-order valence-corrected chi connectivity index (χ1v) is 6.94. The number of H-pyrrole nitrogens is 1. The van der Waals surface area contributed by atoms with E-state index in [0.717, 1.165) is 18.7 Å². The molecule has 0 radical (unpaired) electrons. The normalized spacial score (nSPS) is 10.4. The number of imidazole rings is 1. The summed E-state index contributed by atoms with van der Waals surface area (Å²) in [5.74, 6) is -0.193. The molecule has 0 aliphatic carbocycles. The van der Waals surface area contributed by atoms with Gasteiger partial charge in [0.1, 0.15) is 0 Å². The molecular formula is C11H16N6OS. The number of anilines is 1. The zero-order valence-electron chi connectivity index (χ0n) is 10.6. The van der Waals surface area contributed by atoms with Crippen LogP contribution in [0.25, 0.3) is 0 Å². The molecule has 0 aliphatic heterocycles. The second-order valence-corrected chi connectivity index (χ2v) is 4.90. The molecule has 2 aromatic rings. The fourth-order valence-electron chi connectivity index (χ4n) is 1.43. The molecule has 3 N–H and O–H groups in total. The number of nitrogens with one attached hydrogen (secondary N) is 3. The van der Waals surface area contributed by atoms with Gasteiger partial charge in [-0.25, -0.2) is 4.98 Å². The molecule has 0 spiro atoms. The quantitative estimate of drug-likeness (QED) is 0.704. The van der Waals surface area contributed by atoms with Gasteiger partial charge in [-0.05, 0) is 6.42 Å². The molecule has 0 unspecified atom stereocenters. The van der Waals surface area contributed by atoms with Crippen molar-refractivity contribution < 1.29 is 4.79 Å². The van der Waals surface area contributed by atoms with E-state index in [9.17, 15) is 4.79 Å². The van der Waals surface area contributed by atoms with E-state index in [1.165, 1.54) is 11.3 Å². The lowest BCUT2D eigenvalue weighted by Gasteiger charge is -2.00. The third-order valence-corrected chi connectivity index (χ3v) is 3.26. The second kappa shape index (κ2) is 6.83. The Hall–Kier alpha value is -1.96. The van der Waals surface area contributed by atoms with Crippen LogP contribution in [-0.2, 0) is 6.42 Å². The van der Waals surface area contributed by atoms with Crippen LogP contribution < -0.4 is 10.6 Å². The third-order valence-electron chi connectivity index (χ3n) is 2.38. The Balaban J connectivity index is 1.77. The van der Waals surface area contributed by atoms with Crippen LogP contribution in [0.4, 0.5) is 5.13 Å². The summed E-state index contributed by atoms with van der Waals surface area (Å²) in [5.41, 5.74) is 0.989. The zero-order chi connectivity index (χ0) is 13.5. The number of carbonyl (C=O) groups is 1. The highest BCUT2D eigenvalue weighted by atomic mass is 32.1. The van der Waals surface area contributed by atoms with Crippen molar-refractivity contribution in [2.45, 2.75) is 19.8 Å². The van der Waals surface area contributed by atoms with Gasteiger partial charge in [-0.2, -0.15) is 0 Å². The molecular weight excluding hydrogens is 264 g/mol. The Morgan fingerprint density at radius 1 is 1.42 bits per heavy atom. The smallest absolute Gasteiger partial charge is 0.282 e. The first-order valence-electron chi connectivity index (χ1n) is 6.12. The van der Waals surface area contributed by atoms with E-state index in [1.54, 1.807) is 12.5 Å². The van der Waals surface area contributed by atoms with E-state index < -0.39 is 0 Å². The number of nitrogens with zero attached hydrogens (tertiary/aromatic N) is 3. The Kier molecular flexibility index (Phi) is 4.85. The van der Waals surface area contributed by atoms with Gasteiger partial charge in [0.25, 0.3) is 5.91 Å². The molecule has 2 aromatic heterocycles. The van der Waals surface area contributed by atoms with Gasteiger partial charge >= 0.3 is 0 Å². The highest BCUT2D eigenvalue weighted by molar-refractivity contribution is 7.17. The van der Waals surface area contributed by atoms with E-state index >= 15 is 0 Å². The SMILES string of the molecule is CCCNc1nnc(C(=O)NCCc2cnc[nH]2)s1. The second-order valence-electron chi connectivity index (χ2n) is 3.92. The summed E-state index contributed by atoms with van der Waals surface area (Å²) in [4.78, 5) is 18.7. The largest absolute Gasteiger partial charge is 0.360 e. The summed E-state index contributed by atoms with van der Waals surface area (Å²) in [6.45, 7) is 3.44. The highest BCUT2D eigenvalue weighted by Gasteiger charge is 2.11. The number of rotatable bonds is 7. The lowest BCUT2D eigenvalue weighted by Crippen LogP contribution is -2.25. The average Bonchev–Trinajstić information content (AvgIpc) is 3.07. The van der Waals surface area contributed by atoms with Gasteiger partial charge in [-0.1, -0.05) is 18.3 Å². The minimum Gasteiger partial charge on any atom is -0.360 e. The maximum Gasteiger partial charge on any atom is 0.282 e. The molecule has 8 heteroatoms. The van der Waals surface area contributed by atoms with Crippen LogP contribution in [-0.4, -0.2) is 39.2 Å². The van der Waals surface area contributed by atoms with E-state index in [2.05, 4.69) is 37.7 Å². The lowest BCUT2D eigenvalue weighted by molar-refractivity contribution is 0.0953. The first kappa shape index (κ1) is 13.5. The topological polar surface area (TPSA) is 95.6 Å². The zero-order valence-corrected chi connectivity index (χ0v) is 11.5. The van der Waals surface area contributed by atoms with Gasteiger partial charge in [-0.15, -0.1) is 10.2 Å². The monoisotopic (exact) mass is 280 g/mol. The minimum absolute atomic E-state index is 0.193. The predicted octanol–water partition coefficient (Wildman–Crippen LogP) is 1.06. The van der Waals surface area contributed by atoms with Crippen molar-refractivity contribution in [3.63, 3.8) is 0 Å². The van der Waals surface area contributed by atoms with Crippen molar-refractivity contribution in [3.05, 3.63) is 23.2 Å². The summed E-state index contributed by atoms with van der Waals surface area (Å²) < 4.78 is 0. The molecule has 0 fully saturated rings. The van der Waals surface area contributed by atoms with Gasteiger partial charge in [0.05, 0.1) is 6.33 Å². The van der Waals surface area contributed by atoms with Crippen LogP contribution in [0.15, 0.2) is 12.5 Å². The van der Waals surface area contributed by atoms with Crippen molar-refractivity contribution in [2.24, 2.45) is 0 Å². The van der Waals surface area contributed by atoms with Gasteiger partial charge in [0, 0.05) is 31.4 Å². The van der Waals surface area contributed by atoms with Crippen molar-refractivity contribution >= 4 is 22.4 Å². The standard InChI is InChI=1S/C11H16N6OS/c1-2-4-14-11-17-16-10(19-11)9(18)13-5-3-8-6-12-7-15-8/h6-7H,2-5H2,1H3,(H,12,15)(H,13,18)(H,14,17). The van der Waals surface area contributed by atoms with E-state index in [1.807, 2.05) is 0 Å². The number of aromatic amines is 1. The summed E-state index contributed by atoms with van der Waals surface area (Å²) in [5, 5.41) is 14.7. The Morgan fingerprint density at radius 2 is 2.32 bits per heavy atom. The van der Waals surface area contributed by atoms with Gasteiger partial charge < -0.3 is 15.6 Å². The predicted molar refractivity (Wildman–Crippen MR) is 73.3 cm³/mol. The van der Waals surface area contributed by atoms with E-state index in [4.69, 9.17) is 0 Å². The minimum atomic E-state index is -0.193. The third kappa shape index (κ3) is 4.02. The molecule has 0 saturated heterocycles. The molecule has 19 heavy (non-hydrogen) atoms. The fraction of sp³-hybridized carbons (Fsp3) is 0.455. The van der Waals surface area contributed by atoms with Gasteiger partial charge in [0.2, 0.25) is 10.1 Å². The molecule has 2 rings (SSSR count). The number of amides is 1. The Morgan fingerprint density at radius 3 is 3.05 bits per heavy atom. The molecule has 102 valence electrons. The van der Waals surface area contributed by atoms with Crippen molar-refractivity contribution in [2.75, 3.05) is 18.4 Å². The summed E-state index contributed by atoms with van der Waals surface area (Å²) in [6, 6.07) is 0. The van der Waals surface area contributed by atoms with Crippen LogP contribution >= 0.6 is 11.3 Å². The van der Waals surface area contributed by atoms with Crippen LogP contribution in [0.2, 0.25) is 0 Å². The highest BCUT2D eigenvalue weighted by Crippen LogP contribution is 2.14. The lowest BCUT2D eigenvalue weighted by atomic mass is 10.3. The number of carbonyl (C=O) groups excluding carboxylic acids is 1. The van der Waals surface area contributed by atoms with Crippen molar-refractivity contribution in [3.8, 4) is 0 Å². The molecule has 0 aliphatic rings. The van der Waals surface area contributed by atoms with E-state index in [-0.39, 0.29) is 5.91 Å². The summed E-state index contributed by atoms with van der Waals surface area (Å²) in [7, 11) is 0. The molecule has 0 aromatic carbocycles. The maximum absolute atomic E-state index is 11.8. The van der Waals surface area contributed by atoms with Crippen LogP contribution in [0.1, 0.15) is 28.8 Å². The van der Waals surface area contributed by atoms with Crippen LogP contribution in [0, 0.1) is 0 Å².